The van der Waals surface area contributed by atoms with Crippen molar-refractivity contribution in [2.24, 2.45) is 0 Å². The Bertz CT molecular complexity index is 609. The van der Waals surface area contributed by atoms with E-state index < -0.39 is 6.10 Å². The molecule has 3 nitrogen and oxygen atoms in total. The number of benzene rings is 1. The molecule has 86 valence electrons. The van der Waals surface area contributed by atoms with E-state index in [2.05, 4.69) is 20.9 Å². The number of hydrogen-bond acceptors (Lipinski definition) is 3. The van der Waals surface area contributed by atoms with E-state index in [4.69, 9.17) is 21.6 Å². The van der Waals surface area contributed by atoms with Gasteiger partial charge in [-0.15, -0.1) is 0 Å². The van der Waals surface area contributed by atoms with E-state index in [0.29, 0.717) is 20.8 Å². The summed E-state index contributed by atoms with van der Waals surface area (Å²) in [5, 5.41) is 10.2. The minimum atomic E-state index is -0.544. The number of halogens is 2. The third kappa shape index (κ3) is 2.36. The lowest BCUT2D eigenvalue weighted by molar-refractivity contribution is 0.277. The Morgan fingerprint density at radius 1 is 1.59 bits per heavy atom. The van der Waals surface area contributed by atoms with Crippen LogP contribution in [-0.2, 0) is 0 Å². The fourth-order valence-corrected chi connectivity index (χ4v) is 2.37. The van der Waals surface area contributed by atoms with Crippen molar-refractivity contribution in [3.63, 3.8) is 0 Å². The van der Waals surface area contributed by atoms with Gasteiger partial charge < -0.3 is 4.74 Å². The molecule has 0 aliphatic rings. The van der Waals surface area contributed by atoms with E-state index in [0.717, 1.165) is 5.39 Å². The monoisotopic (exact) mass is 310 g/mol. The molecule has 0 fully saturated rings. The summed E-state index contributed by atoms with van der Waals surface area (Å²) in [4.78, 5) is 4.24. The predicted octanol–water partition coefficient (Wildman–Crippen LogP) is 3.94. The normalized spacial score (nSPS) is 12.1. The minimum Gasteiger partial charge on any atom is -0.472 e. The van der Waals surface area contributed by atoms with Gasteiger partial charge in [-0.3, -0.25) is 4.98 Å². The molecule has 0 bridgehead atoms. The third-order valence-electron chi connectivity index (χ3n) is 2.23. The number of ether oxygens (including phenoxy) is 1. The second-order valence-electron chi connectivity index (χ2n) is 3.46. The summed E-state index contributed by atoms with van der Waals surface area (Å²) in [7, 11) is 0. The van der Waals surface area contributed by atoms with E-state index >= 15 is 0 Å². The van der Waals surface area contributed by atoms with Crippen molar-refractivity contribution in [3.05, 3.63) is 33.9 Å². The summed E-state index contributed by atoms with van der Waals surface area (Å²) < 4.78 is 6.22. The van der Waals surface area contributed by atoms with Crippen LogP contribution in [0.2, 0.25) is 5.02 Å². The van der Waals surface area contributed by atoms with E-state index in [-0.39, 0.29) is 0 Å². The van der Waals surface area contributed by atoms with Crippen LogP contribution in [0.3, 0.4) is 0 Å². The molecular weight excluding hydrogens is 304 g/mol. The van der Waals surface area contributed by atoms with E-state index in [1.54, 1.807) is 25.3 Å². The van der Waals surface area contributed by atoms with Crippen LogP contribution in [-0.4, -0.2) is 11.1 Å². The molecule has 2 rings (SSSR count). The van der Waals surface area contributed by atoms with Crippen LogP contribution in [0.4, 0.5) is 0 Å². The van der Waals surface area contributed by atoms with Crippen molar-refractivity contribution in [3.8, 4) is 11.8 Å². The second-order valence-corrected chi connectivity index (χ2v) is 4.72. The average molecular weight is 312 g/mol. The van der Waals surface area contributed by atoms with Crippen LogP contribution in [0.15, 0.2) is 28.9 Å². The molecular formula is C12H8BrClN2O. The van der Waals surface area contributed by atoms with Gasteiger partial charge in [-0.1, -0.05) is 11.6 Å². The molecule has 0 spiro atoms. The first kappa shape index (κ1) is 12.2. The Kier molecular flexibility index (Phi) is 3.51. The highest BCUT2D eigenvalue weighted by Crippen LogP contribution is 2.37. The zero-order chi connectivity index (χ0) is 12.4. The molecule has 0 aliphatic carbocycles. The van der Waals surface area contributed by atoms with E-state index in [9.17, 15) is 0 Å². The van der Waals surface area contributed by atoms with Gasteiger partial charge in [0.15, 0.2) is 11.9 Å². The fourth-order valence-electron chi connectivity index (χ4n) is 1.46. The number of fused-ring (bicyclic) bond motifs is 1. The molecule has 0 radical (unpaired) electrons. The van der Waals surface area contributed by atoms with Crippen LogP contribution in [0.5, 0.6) is 5.75 Å². The fraction of sp³-hybridized carbons (Fsp3) is 0.167. The van der Waals surface area contributed by atoms with Crippen LogP contribution in [0.1, 0.15) is 6.92 Å². The molecule has 1 atom stereocenters. The lowest BCUT2D eigenvalue weighted by atomic mass is 10.2. The predicted molar refractivity (Wildman–Crippen MR) is 70.2 cm³/mol. The van der Waals surface area contributed by atoms with Crippen molar-refractivity contribution < 1.29 is 4.74 Å². The number of nitriles is 1. The number of pyridine rings is 1. The largest absolute Gasteiger partial charge is 0.472 e. The van der Waals surface area contributed by atoms with Crippen LogP contribution < -0.4 is 4.74 Å². The Balaban J connectivity index is 2.66. The summed E-state index contributed by atoms with van der Waals surface area (Å²) in [6.07, 6.45) is 1.12. The first-order valence-electron chi connectivity index (χ1n) is 4.92. The first-order chi connectivity index (χ1) is 8.13. The maximum absolute atomic E-state index is 8.78. The van der Waals surface area contributed by atoms with Crippen molar-refractivity contribution >= 4 is 38.4 Å². The molecule has 1 unspecified atom stereocenters. The highest BCUT2D eigenvalue weighted by atomic mass is 79.9. The number of aromatic nitrogens is 1. The lowest BCUT2D eigenvalue weighted by Gasteiger charge is -2.12. The molecule has 0 saturated carbocycles. The Hall–Kier alpha value is -1.31. The van der Waals surface area contributed by atoms with Crippen LogP contribution >= 0.6 is 27.5 Å². The highest BCUT2D eigenvalue weighted by Gasteiger charge is 2.14. The number of hydrogen-bond donors (Lipinski definition) is 0. The Morgan fingerprint density at radius 2 is 2.35 bits per heavy atom. The average Bonchev–Trinajstić information content (AvgIpc) is 2.34. The topological polar surface area (TPSA) is 45.9 Å². The number of nitrogens with zero attached hydrogens (tertiary/aromatic N) is 2. The molecule has 0 N–H and O–H groups in total. The molecule has 0 saturated heterocycles. The Morgan fingerprint density at radius 3 is 3.06 bits per heavy atom. The van der Waals surface area contributed by atoms with Gasteiger partial charge in [0, 0.05) is 11.6 Å². The molecule has 5 heteroatoms. The van der Waals surface area contributed by atoms with Gasteiger partial charge in [0.2, 0.25) is 0 Å². The van der Waals surface area contributed by atoms with Crippen LogP contribution in [0, 0.1) is 11.3 Å². The highest BCUT2D eigenvalue weighted by molar-refractivity contribution is 9.10. The molecule has 1 aromatic carbocycles. The van der Waals surface area contributed by atoms with E-state index in [1.165, 1.54) is 0 Å². The smallest absolute Gasteiger partial charge is 0.181 e. The maximum Gasteiger partial charge on any atom is 0.181 e. The molecule has 17 heavy (non-hydrogen) atoms. The van der Waals surface area contributed by atoms with Crippen molar-refractivity contribution in [2.75, 3.05) is 0 Å². The van der Waals surface area contributed by atoms with Gasteiger partial charge in [0.1, 0.15) is 11.6 Å². The van der Waals surface area contributed by atoms with Gasteiger partial charge in [-0.25, -0.2) is 0 Å². The summed E-state index contributed by atoms with van der Waals surface area (Å²) in [6.45, 7) is 1.68. The first-order valence-corrected chi connectivity index (χ1v) is 6.09. The van der Waals surface area contributed by atoms with Crippen molar-refractivity contribution in [1.29, 1.82) is 5.26 Å². The molecule has 1 aromatic heterocycles. The summed E-state index contributed by atoms with van der Waals surface area (Å²) in [5.74, 6) is 0.541. The Labute approximate surface area is 112 Å². The molecule has 0 amide bonds. The van der Waals surface area contributed by atoms with Gasteiger partial charge in [0.05, 0.1) is 9.50 Å². The molecule has 2 aromatic rings. The third-order valence-corrected chi connectivity index (χ3v) is 3.13. The summed E-state index contributed by atoms with van der Waals surface area (Å²) >= 11 is 9.48. The lowest BCUT2D eigenvalue weighted by Crippen LogP contribution is -2.09. The minimum absolute atomic E-state index is 0.541. The standard InChI is InChI=1S/C12H8BrClN2O/c1-7(6-15)17-12-9(13)5-10(14)8-3-2-4-16-11(8)12/h2-5,7H,1H3. The van der Waals surface area contributed by atoms with Gasteiger partial charge >= 0.3 is 0 Å². The second kappa shape index (κ2) is 4.91. The van der Waals surface area contributed by atoms with Crippen molar-refractivity contribution in [2.45, 2.75) is 13.0 Å². The van der Waals surface area contributed by atoms with Gasteiger partial charge in [-0.05, 0) is 41.1 Å². The zero-order valence-corrected chi connectivity index (χ0v) is 11.3. The zero-order valence-electron chi connectivity index (χ0n) is 8.95. The van der Waals surface area contributed by atoms with Gasteiger partial charge in [-0.2, -0.15) is 5.26 Å². The molecule has 0 aliphatic heterocycles. The maximum atomic E-state index is 8.78. The van der Waals surface area contributed by atoms with Crippen LogP contribution in [0.25, 0.3) is 10.9 Å². The van der Waals surface area contributed by atoms with Gasteiger partial charge in [0.25, 0.3) is 0 Å². The SMILES string of the molecule is CC(C#N)Oc1c(Br)cc(Cl)c2cccnc12. The quantitative estimate of drug-likeness (QED) is 0.844. The van der Waals surface area contributed by atoms with E-state index in [1.807, 2.05) is 12.1 Å². The summed E-state index contributed by atoms with van der Waals surface area (Å²) in [5.41, 5.74) is 0.647. The van der Waals surface area contributed by atoms with Crippen molar-refractivity contribution in [1.82, 2.24) is 4.98 Å². The molecule has 1 heterocycles. The number of rotatable bonds is 2. The summed E-state index contributed by atoms with van der Waals surface area (Å²) in [6, 6.07) is 7.42.